The molecule has 0 spiro atoms. The molecular formula is C17H21NO2. The summed E-state index contributed by atoms with van der Waals surface area (Å²) in [5, 5.41) is 9.43. The quantitative estimate of drug-likeness (QED) is 0.876. The second kappa shape index (κ2) is 7.06. The summed E-state index contributed by atoms with van der Waals surface area (Å²) in [6.07, 6.45) is 3.29. The van der Waals surface area contributed by atoms with Crippen molar-refractivity contribution in [2.75, 3.05) is 6.61 Å². The molecule has 3 nitrogen and oxygen atoms in total. The van der Waals surface area contributed by atoms with Crippen molar-refractivity contribution in [1.29, 1.82) is 0 Å². The van der Waals surface area contributed by atoms with E-state index in [2.05, 4.69) is 24.0 Å². The maximum Gasteiger partial charge on any atom is 0.119 e. The zero-order chi connectivity index (χ0) is 14.4. The van der Waals surface area contributed by atoms with Gasteiger partial charge in [-0.15, -0.1) is 0 Å². The molecule has 1 heterocycles. The fraction of sp³-hybridized carbons (Fsp3) is 0.353. The minimum atomic E-state index is -0.440. The summed E-state index contributed by atoms with van der Waals surface area (Å²) in [5.74, 6) is 0.819. The van der Waals surface area contributed by atoms with Gasteiger partial charge >= 0.3 is 0 Å². The average molecular weight is 271 g/mol. The normalized spacial score (nSPS) is 12.2. The van der Waals surface area contributed by atoms with Crippen LogP contribution in [0.15, 0.2) is 42.6 Å². The molecule has 0 bridgehead atoms. The van der Waals surface area contributed by atoms with Crippen LogP contribution in [0.4, 0.5) is 0 Å². The highest BCUT2D eigenvalue weighted by atomic mass is 16.5. The number of rotatable bonds is 6. The molecule has 106 valence electrons. The Labute approximate surface area is 120 Å². The van der Waals surface area contributed by atoms with E-state index >= 15 is 0 Å². The molecule has 2 aromatic rings. The highest BCUT2D eigenvalue weighted by Gasteiger charge is 2.01. The standard InChI is InChI=1S/C17H21NO2/c1-3-14-4-7-16(18-12-14)10-11-20-17-8-5-15(6-9-17)13(2)19/h4-9,12-13,19H,3,10-11H2,1-2H3. The van der Waals surface area contributed by atoms with Crippen molar-refractivity contribution in [3.05, 3.63) is 59.4 Å². The van der Waals surface area contributed by atoms with E-state index in [1.807, 2.05) is 30.5 Å². The van der Waals surface area contributed by atoms with Crippen LogP contribution >= 0.6 is 0 Å². The molecule has 1 unspecified atom stereocenters. The molecule has 0 amide bonds. The number of pyridine rings is 1. The molecule has 0 saturated heterocycles. The highest BCUT2D eigenvalue weighted by molar-refractivity contribution is 5.28. The van der Waals surface area contributed by atoms with Crippen LogP contribution in [-0.2, 0) is 12.8 Å². The molecule has 0 radical (unpaired) electrons. The second-order valence-corrected chi connectivity index (χ2v) is 4.85. The molecule has 0 saturated carbocycles. The van der Waals surface area contributed by atoms with Crippen molar-refractivity contribution in [1.82, 2.24) is 4.98 Å². The lowest BCUT2D eigenvalue weighted by Gasteiger charge is -2.08. The lowest BCUT2D eigenvalue weighted by molar-refractivity contribution is 0.199. The van der Waals surface area contributed by atoms with E-state index in [-0.39, 0.29) is 0 Å². The van der Waals surface area contributed by atoms with E-state index in [0.717, 1.165) is 29.8 Å². The monoisotopic (exact) mass is 271 g/mol. The summed E-state index contributed by atoms with van der Waals surface area (Å²) in [6.45, 7) is 4.48. The van der Waals surface area contributed by atoms with Crippen molar-refractivity contribution in [3.8, 4) is 5.75 Å². The van der Waals surface area contributed by atoms with Gasteiger partial charge in [-0.1, -0.05) is 25.1 Å². The molecule has 2 rings (SSSR count). The average Bonchev–Trinajstić information content (AvgIpc) is 2.48. The first kappa shape index (κ1) is 14.5. The molecule has 1 N–H and O–H groups in total. The van der Waals surface area contributed by atoms with Gasteiger partial charge in [-0.3, -0.25) is 4.98 Å². The largest absolute Gasteiger partial charge is 0.493 e. The second-order valence-electron chi connectivity index (χ2n) is 4.85. The third-order valence-corrected chi connectivity index (χ3v) is 3.28. The zero-order valence-electron chi connectivity index (χ0n) is 12.0. The molecule has 0 aliphatic rings. The number of hydrogen-bond donors (Lipinski definition) is 1. The van der Waals surface area contributed by atoms with Gasteiger partial charge in [-0.2, -0.15) is 0 Å². The van der Waals surface area contributed by atoms with Crippen LogP contribution in [0, 0.1) is 0 Å². The van der Waals surface area contributed by atoms with E-state index < -0.39 is 6.10 Å². The number of benzene rings is 1. The van der Waals surface area contributed by atoms with Gasteiger partial charge in [-0.05, 0) is 42.7 Å². The van der Waals surface area contributed by atoms with Gasteiger partial charge in [0.2, 0.25) is 0 Å². The van der Waals surface area contributed by atoms with Crippen LogP contribution < -0.4 is 4.74 Å². The van der Waals surface area contributed by atoms with Crippen molar-refractivity contribution < 1.29 is 9.84 Å². The Morgan fingerprint density at radius 3 is 2.45 bits per heavy atom. The first-order valence-electron chi connectivity index (χ1n) is 7.03. The van der Waals surface area contributed by atoms with Crippen LogP contribution in [0.3, 0.4) is 0 Å². The van der Waals surface area contributed by atoms with Gasteiger partial charge in [0.15, 0.2) is 0 Å². The third kappa shape index (κ3) is 4.07. The summed E-state index contributed by atoms with van der Waals surface area (Å²) in [6, 6.07) is 11.7. The van der Waals surface area contributed by atoms with E-state index in [1.165, 1.54) is 5.56 Å². The van der Waals surface area contributed by atoms with Gasteiger partial charge in [0.25, 0.3) is 0 Å². The smallest absolute Gasteiger partial charge is 0.119 e. The maximum absolute atomic E-state index is 9.43. The van der Waals surface area contributed by atoms with Crippen molar-refractivity contribution in [2.24, 2.45) is 0 Å². The molecular weight excluding hydrogens is 250 g/mol. The lowest BCUT2D eigenvalue weighted by atomic mass is 10.1. The molecule has 3 heteroatoms. The number of aryl methyl sites for hydroxylation is 1. The predicted molar refractivity (Wildman–Crippen MR) is 79.9 cm³/mol. The van der Waals surface area contributed by atoms with Gasteiger partial charge < -0.3 is 9.84 Å². The van der Waals surface area contributed by atoms with Crippen LogP contribution in [0.25, 0.3) is 0 Å². The molecule has 0 aliphatic carbocycles. The minimum Gasteiger partial charge on any atom is -0.493 e. The van der Waals surface area contributed by atoms with E-state index in [4.69, 9.17) is 4.74 Å². The summed E-state index contributed by atoms with van der Waals surface area (Å²) in [5.41, 5.74) is 3.19. The Balaban J connectivity index is 1.82. The number of aliphatic hydroxyl groups excluding tert-OH is 1. The molecule has 1 aromatic heterocycles. The molecule has 0 fully saturated rings. The van der Waals surface area contributed by atoms with Crippen LogP contribution in [0.5, 0.6) is 5.75 Å². The first-order chi connectivity index (χ1) is 9.69. The van der Waals surface area contributed by atoms with Crippen molar-refractivity contribution in [3.63, 3.8) is 0 Å². The SMILES string of the molecule is CCc1ccc(CCOc2ccc(C(C)O)cc2)nc1. The topological polar surface area (TPSA) is 42.4 Å². The number of aromatic nitrogens is 1. The fourth-order valence-corrected chi connectivity index (χ4v) is 1.93. The zero-order valence-corrected chi connectivity index (χ0v) is 12.0. The number of hydrogen-bond acceptors (Lipinski definition) is 3. The van der Waals surface area contributed by atoms with Crippen molar-refractivity contribution in [2.45, 2.75) is 32.8 Å². The highest BCUT2D eigenvalue weighted by Crippen LogP contribution is 2.17. The Morgan fingerprint density at radius 1 is 1.15 bits per heavy atom. The van der Waals surface area contributed by atoms with Gasteiger partial charge in [0.1, 0.15) is 5.75 Å². The Bertz CT molecular complexity index is 518. The van der Waals surface area contributed by atoms with E-state index in [0.29, 0.717) is 6.61 Å². The summed E-state index contributed by atoms with van der Waals surface area (Å²) < 4.78 is 5.68. The van der Waals surface area contributed by atoms with Gasteiger partial charge in [0.05, 0.1) is 12.7 Å². The van der Waals surface area contributed by atoms with Gasteiger partial charge in [-0.25, -0.2) is 0 Å². The number of aliphatic hydroxyl groups is 1. The summed E-state index contributed by atoms with van der Waals surface area (Å²) in [4.78, 5) is 4.40. The predicted octanol–water partition coefficient (Wildman–Crippen LogP) is 3.32. The lowest BCUT2D eigenvalue weighted by Crippen LogP contribution is -2.03. The maximum atomic E-state index is 9.43. The Morgan fingerprint density at radius 2 is 1.90 bits per heavy atom. The molecule has 0 aliphatic heterocycles. The van der Waals surface area contributed by atoms with Crippen LogP contribution in [-0.4, -0.2) is 16.7 Å². The Hall–Kier alpha value is -1.87. The number of ether oxygens (including phenoxy) is 1. The summed E-state index contributed by atoms with van der Waals surface area (Å²) >= 11 is 0. The van der Waals surface area contributed by atoms with Crippen molar-refractivity contribution >= 4 is 0 Å². The Kier molecular flexibility index (Phi) is 5.13. The van der Waals surface area contributed by atoms with Crippen LogP contribution in [0.2, 0.25) is 0 Å². The van der Waals surface area contributed by atoms with Gasteiger partial charge in [0, 0.05) is 18.3 Å². The summed E-state index contributed by atoms with van der Waals surface area (Å²) in [7, 11) is 0. The van der Waals surface area contributed by atoms with Crippen LogP contribution in [0.1, 0.15) is 36.8 Å². The first-order valence-corrected chi connectivity index (χ1v) is 7.03. The minimum absolute atomic E-state index is 0.440. The number of nitrogens with zero attached hydrogens (tertiary/aromatic N) is 1. The van der Waals surface area contributed by atoms with E-state index in [9.17, 15) is 5.11 Å². The van der Waals surface area contributed by atoms with E-state index in [1.54, 1.807) is 6.92 Å². The fourth-order valence-electron chi connectivity index (χ4n) is 1.93. The molecule has 20 heavy (non-hydrogen) atoms. The third-order valence-electron chi connectivity index (χ3n) is 3.28. The molecule has 1 atom stereocenters. The molecule has 1 aromatic carbocycles.